The van der Waals surface area contributed by atoms with Gasteiger partial charge in [0.25, 0.3) is 5.56 Å². The van der Waals surface area contributed by atoms with Crippen LogP contribution in [0.1, 0.15) is 5.56 Å². The average Bonchev–Trinajstić information content (AvgIpc) is 3.35. The fourth-order valence-corrected chi connectivity index (χ4v) is 3.51. The Hall–Kier alpha value is -3.61. The summed E-state index contributed by atoms with van der Waals surface area (Å²) in [5.41, 5.74) is 1.95. The van der Waals surface area contributed by atoms with Crippen LogP contribution < -0.4 is 15.0 Å². The third kappa shape index (κ3) is 2.72. The van der Waals surface area contributed by atoms with E-state index in [4.69, 9.17) is 9.47 Å². The van der Waals surface area contributed by atoms with Gasteiger partial charge in [0.05, 0.1) is 18.1 Å². The first kappa shape index (κ1) is 16.6. The van der Waals surface area contributed by atoms with Crippen molar-refractivity contribution in [2.75, 3.05) is 6.79 Å². The topological polar surface area (TPSA) is 71.2 Å². The van der Waals surface area contributed by atoms with E-state index in [9.17, 15) is 4.79 Å². The van der Waals surface area contributed by atoms with Gasteiger partial charge in [-0.2, -0.15) is 5.10 Å². The van der Waals surface area contributed by atoms with Gasteiger partial charge in [-0.3, -0.25) is 4.79 Å². The summed E-state index contributed by atoms with van der Waals surface area (Å²) in [6, 6.07) is 11.4. The molecular weight excluding hydrogens is 356 g/mol. The van der Waals surface area contributed by atoms with Gasteiger partial charge in [-0.05, 0) is 30.7 Å². The molecule has 5 rings (SSSR count). The number of aryl methyl sites for hydroxylation is 3. The van der Waals surface area contributed by atoms with Crippen molar-refractivity contribution in [3.63, 3.8) is 0 Å². The Morgan fingerprint density at radius 3 is 2.82 bits per heavy atom. The van der Waals surface area contributed by atoms with E-state index in [1.165, 1.54) is 4.68 Å². The van der Waals surface area contributed by atoms with Crippen molar-refractivity contribution in [1.82, 2.24) is 19.3 Å². The van der Waals surface area contributed by atoms with E-state index in [0.717, 1.165) is 33.8 Å². The second kappa shape index (κ2) is 6.53. The summed E-state index contributed by atoms with van der Waals surface area (Å²) >= 11 is 0. The second-order valence-electron chi connectivity index (χ2n) is 6.72. The number of rotatable bonds is 4. The lowest BCUT2D eigenvalue weighted by molar-refractivity contribution is 0.174. The van der Waals surface area contributed by atoms with E-state index in [2.05, 4.69) is 10.1 Å². The van der Waals surface area contributed by atoms with Crippen LogP contribution in [-0.2, 0) is 13.1 Å². The molecule has 0 aliphatic carbocycles. The number of ether oxygens (including phenoxy) is 2. The van der Waals surface area contributed by atoms with Crippen molar-refractivity contribution < 1.29 is 9.47 Å². The van der Waals surface area contributed by atoms with Crippen molar-refractivity contribution in [2.45, 2.75) is 20.0 Å². The Labute approximate surface area is 160 Å². The van der Waals surface area contributed by atoms with Gasteiger partial charge in [0.2, 0.25) is 6.79 Å². The van der Waals surface area contributed by atoms with Crippen LogP contribution >= 0.6 is 0 Å². The van der Waals surface area contributed by atoms with Crippen molar-refractivity contribution >= 4 is 10.8 Å². The van der Waals surface area contributed by atoms with E-state index in [1.54, 1.807) is 12.4 Å². The third-order valence-electron chi connectivity index (χ3n) is 4.99. The van der Waals surface area contributed by atoms with E-state index >= 15 is 0 Å². The summed E-state index contributed by atoms with van der Waals surface area (Å²) in [6.45, 7) is 3.29. The number of fused-ring (bicyclic) bond motifs is 2. The molecular formula is C21H18N4O3. The van der Waals surface area contributed by atoms with Crippen LogP contribution in [0, 0.1) is 6.92 Å². The van der Waals surface area contributed by atoms with E-state index in [0.29, 0.717) is 18.5 Å². The summed E-state index contributed by atoms with van der Waals surface area (Å²) < 4.78 is 14.5. The molecule has 0 bridgehead atoms. The summed E-state index contributed by atoms with van der Waals surface area (Å²) in [4.78, 5) is 17.2. The number of benzene rings is 2. The zero-order valence-corrected chi connectivity index (χ0v) is 15.3. The summed E-state index contributed by atoms with van der Waals surface area (Å²) in [5.74, 6) is 2.30. The van der Waals surface area contributed by atoms with Crippen LogP contribution in [-0.4, -0.2) is 26.1 Å². The minimum absolute atomic E-state index is 0.0842. The van der Waals surface area contributed by atoms with Gasteiger partial charge in [0.1, 0.15) is 5.82 Å². The molecule has 0 N–H and O–H groups in total. The largest absolute Gasteiger partial charge is 0.454 e. The Kier molecular flexibility index (Phi) is 3.86. The highest BCUT2D eigenvalue weighted by atomic mass is 16.7. The highest BCUT2D eigenvalue weighted by Crippen LogP contribution is 2.37. The van der Waals surface area contributed by atoms with E-state index < -0.39 is 0 Å². The molecule has 1 aliphatic rings. The predicted octanol–water partition coefficient (Wildman–Crippen LogP) is 3.00. The van der Waals surface area contributed by atoms with Gasteiger partial charge in [-0.1, -0.05) is 18.2 Å². The summed E-state index contributed by atoms with van der Waals surface area (Å²) in [5, 5.41) is 5.83. The lowest BCUT2D eigenvalue weighted by Gasteiger charge is -2.12. The minimum Gasteiger partial charge on any atom is -0.454 e. The number of hydrogen-bond acceptors (Lipinski definition) is 5. The molecule has 0 saturated carbocycles. The number of hydrogen-bond donors (Lipinski definition) is 0. The maximum absolute atomic E-state index is 12.7. The van der Waals surface area contributed by atoms with E-state index in [1.807, 2.05) is 54.1 Å². The van der Waals surface area contributed by atoms with Gasteiger partial charge in [0, 0.05) is 29.9 Å². The van der Waals surface area contributed by atoms with Gasteiger partial charge in [0.15, 0.2) is 11.5 Å². The van der Waals surface area contributed by atoms with Gasteiger partial charge >= 0.3 is 0 Å². The molecule has 1 aliphatic heterocycles. The lowest BCUT2D eigenvalue weighted by atomic mass is 10.1. The van der Waals surface area contributed by atoms with Crippen LogP contribution in [0.3, 0.4) is 0 Å². The summed E-state index contributed by atoms with van der Waals surface area (Å²) in [6.07, 6.45) is 5.40. The molecule has 0 fully saturated rings. The predicted molar refractivity (Wildman–Crippen MR) is 105 cm³/mol. The van der Waals surface area contributed by atoms with Crippen molar-refractivity contribution in [3.05, 3.63) is 70.9 Å². The van der Waals surface area contributed by atoms with Crippen molar-refractivity contribution in [3.8, 4) is 22.9 Å². The second-order valence-corrected chi connectivity index (χ2v) is 6.72. The Balaban J connectivity index is 1.45. The SMILES string of the molecule is Cc1cc2c(cc1-c1nccn1CCn1ncc3ccccc3c1=O)OCO2. The van der Waals surface area contributed by atoms with Crippen LogP contribution in [0.5, 0.6) is 11.5 Å². The van der Waals surface area contributed by atoms with Crippen molar-refractivity contribution in [1.29, 1.82) is 0 Å². The van der Waals surface area contributed by atoms with E-state index in [-0.39, 0.29) is 12.4 Å². The maximum atomic E-state index is 12.7. The summed E-state index contributed by atoms with van der Waals surface area (Å²) in [7, 11) is 0. The van der Waals surface area contributed by atoms with Crippen LogP contribution in [0.15, 0.2) is 59.8 Å². The first-order chi connectivity index (χ1) is 13.7. The molecule has 140 valence electrons. The molecule has 3 heterocycles. The highest BCUT2D eigenvalue weighted by Gasteiger charge is 2.18. The Bertz CT molecular complexity index is 1240. The van der Waals surface area contributed by atoms with Crippen LogP contribution in [0.4, 0.5) is 0 Å². The smallest absolute Gasteiger partial charge is 0.274 e. The van der Waals surface area contributed by atoms with Gasteiger partial charge in [-0.25, -0.2) is 9.67 Å². The maximum Gasteiger partial charge on any atom is 0.274 e. The number of imidazole rings is 1. The van der Waals surface area contributed by atoms with Gasteiger partial charge in [-0.15, -0.1) is 0 Å². The quantitative estimate of drug-likeness (QED) is 0.549. The van der Waals surface area contributed by atoms with Crippen LogP contribution in [0.2, 0.25) is 0 Å². The highest BCUT2D eigenvalue weighted by molar-refractivity contribution is 5.80. The van der Waals surface area contributed by atoms with Crippen LogP contribution in [0.25, 0.3) is 22.2 Å². The average molecular weight is 374 g/mol. The number of nitrogens with zero attached hydrogens (tertiary/aromatic N) is 4. The normalized spacial score (nSPS) is 12.6. The first-order valence-electron chi connectivity index (χ1n) is 9.07. The Morgan fingerprint density at radius 2 is 1.93 bits per heavy atom. The molecule has 0 spiro atoms. The fourth-order valence-electron chi connectivity index (χ4n) is 3.51. The molecule has 0 radical (unpaired) electrons. The molecule has 0 atom stereocenters. The molecule has 7 nitrogen and oxygen atoms in total. The van der Waals surface area contributed by atoms with Crippen molar-refractivity contribution in [2.24, 2.45) is 0 Å². The zero-order valence-electron chi connectivity index (χ0n) is 15.3. The molecule has 2 aromatic heterocycles. The molecule has 4 aromatic rings. The Morgan fingerprint density at radius 1 is 1.11 bits per heavy atom. The lowest BCUT2D eigenvalue weighted by Crippen LogP contribution is -2.24. The molecule has 28 heavy (non-hydrogen) atoms. The molecule has 0 saturated heterocycles. The molecule has 0 unspecified atom stereocenters. The standard InChI is InChI=1S/C21H18N4O3/c1-14-10-18-19(28-13-27-18)11-17(14)20-22-6-7-24(20)8-9-25-21(26)16-5-3-2-4-15(16)12-23-25/h2-7,10-12H,8-9,13H2,1H3. The number of aromatic nitrogens is 4. The minimum atomic E-state index is -0.0842. The zero-order chi connectivity index (χ0) is 19.1. The fraction of sp³-hybridized carbons (Fsp3) is 0.190. The first-order valence-corrected chi connectivity index (χ1v) is 9.07. The monoisotopic (exact) mass is 374 g/mol. The molecule has 7 heteroatoms. The molecule has 0 amide bonds. The third-order valence-corrected chi connectivity index (χ3v) is 4.99. The molecule has 2 aromatic carbocycles. The van der Waals surface area contributed by atoms with Gasteiger partial charge < -0.3 is 14.0 Å².